The topological polar surface area (TPSA) is 118 Å². The van der Waals surface area contributed by atoms with Crippen molar-refractivity contribution in [3.63, 3.8) is 0 Å². The molecule has 0 spiro atoms. The highest BCUT2D eigenvalue weighted by Gasteiger charge is 2.11. The van der Waals surface area contributed by atoms with E-state index in [2.05, 4.69) is 47.7 Å². The fourth-order valence-electron chi connectivity index (χ4n) is 3.47. The van der Waals surface area contributed by atoms with Gasteiger partial charge in [-0.2, -0.15) is 10.1 Å². The molecule has 1 N–H and O–H groups in total. The first-order valence-corrected chi connectivity index (χ1v) is 11.5. The van der Waals surface area contributed by atoms with Gasteiger partial charge in [-0.1, -0.05) is 29.0 Å². The highest BCUT2D eigenvalue weighted by atomic mass is 32.2. The van der Waals surface area contributed by atoms with Gasteiger partial charge in [0.1, 0.15) is 11.1 Å². The van der Waals surface area contributed by atoms with Gasteiger partial charge in [0.15, 0.2) is 0 Å². The number of benzene rings is 2. The molecule has 3 heterocycles. The van der Waals surface area contributed by atoms with Crippen molar-refractivity contribution in [2.24, 2.45) is 0 Å². The summed E-state index contributed by atoms with van der Waals surface area (Å²) in [6.45, 7) is 3.81. The van der Waals surface area contributed by atoms with Crippen LogP contribution in [0, 0.1) is 11.3 Å². The average molecular weight is 472 g/mol. The molecule has 11 heteroatoms. The van der Waals surface area contributed by atoms with Gasteiger partial charge in [-0.05, 0) is 53.2 Å². The fourth-order valence-corrected chi connectivity index (χ4v) is 4.24. The Labute approximate surface area is 200 Å². The lowest BCUT2D eigenvalue weighted by molar-refractivity contribution is 0.122. The van der Waals surface area contributed by atoms with E-state index in [0.29, 0.717) is 12.5 Å². The molecule has 0 bridgehead atoms. The maximum absolute atomic E-state index is 8.80. The van der Waals surface area contributed by atoms with Gasteiger partial charge in [0, 0.05) is 35.6 Å². The molecule has 0 aliphatic carbocycles. The first kappa shape index (κ1) is 21.8. The predicted octanol–water partition coefficient (Wildman–Crippen LogP) is 3.11. The van der Waals surface area contributed by atoms with Crippen molar-refractivity contribution in [3.8, 4) is 6.07 Å². The molecule has 10 nitrogen and oxygen atoms in total. The van der Waals surface area contributed by atoms with Crippen molar-refractivity contribution >= 4 is 29.1 Å². The lowest BCUT2D eigenvalue weighted by Crippen LogP contribution is -2.36. The molecule has 1 aliphatic rings. The van der Waals surface area contributed by atoms with E-state index in [9.17, 15) is 0 Å². The number of hydrogen-bond acceptors (Lipinski definition) is 10. The highest BCUT2D eigenvalue weighted by molar-refractivity contribution is 7.99. The molecule has 5 rings (SSSR count). The standard InChI is InChI=1S/C23H21N9OS/c24-15-21-28-30-32(29-21)16-17-1-7-20(8-2-17)34-22-9-10-25-23(27-22)26-18-3-5-19(6-4-18)31-11-13-33-14-12-31/h1-10H,11-14,16H2,(H,25,26,27). The minimum atomic E-state index is 0.0633. The third kappa shape index (κ3) is 5.48. The third-order valence-corrected chi connectivity index (χ3v) is 6.10. The molecule has 0 radical (unpaired) electrons. The van der Waals surface area contributed by atoms with Crippen LogP contribution in [0.5, 0.6) is 0 Å². The molecule has 0 unspecified atom stereocenters. The molecule has 4 aromatic rings. The summed E-state index contributed by atoms with van der Waals surface area (Å²) in [7, 11) is 0. The van der Waals surface area contributed by atoms with Gasteiger partial charge in [-0.25, -0.2) is 9.97 Å². The maximum atomic E-state index is 8.80. The first-order chi connectivity index (χ1) is 16.7. The van der Waals surface area contributed by atoms with E-state index in [1.807, 2.05) is 48.5 Å². The molecule has 34 heavy (non-hydrogen) atoms. The van der Waals surface area contributed by atoms with E-state index in [4.69, 9.17) is 10.00 Å². The van der Waals surface area contributed by atoms with E-state index in [-0.39, 0.29) is 5.82 Å². The van der Waals surface area contributed by atoms with Crippen molar-refractivity contribution in [3.05, 3.63) is 72.2 Å². The number of nitrogens with zero attached hydrogens (tertiary/aromatic N) is 8. The van der Waals surface area contributed by atoms with Gasteiger partial charge in [0.2, 0.25) is 5.95 Å². The minimum Gasteiger partial charge on any atom is -0.378 e. The van der Waals surface area contributed by atoms with Crippen LogP contribution in [-0.4, -0.2) is 56.5 Å². The van der Waals surface area contributed by atoms with Crippen molar-refractivity contribution in [2.75, 3.05) is 36.5 Å². The fraction of sp³-hybridized carbons (Fsp3) is 0.217. The van der Waals surface area contributed by atoms with Crippen LogP contribution in [0.15, 0.2) is 70.7 Å². The number of morpholine rings is 1. The Morgan fingerprint density at radius 2 is 1.82 bits per heavy atom. The second kappa shape index (κ2) is 10.3. The molecule has 1 fully saturated rings. The van der Waals surface area contributed by atoms with Gasteiger partial charge >= 0.3 is 0 Å². The van der Waals surface area contributed by atoms with Gasteiger partial charge < -0.3 is 15.0 Å². The Kier molecular flexibility index (Phi) is 6.60. The lowest BCUT2D eigenvalue weighted by atomic mass is 10.2. The summed E-state index contributed by atoms with van der Waals surface area (Å²) in [5.74, 6) is 0.611. The minimum absolute atomic E-state index is 0.0633. The number of aromatic nitrogens is 6. The number of nitriles is 1. The van der Waals surface area contributed by atoms with Crippen molar-refractivity contribution in [2.45, 2.75) is 16.5 Å². The summed E-state index contributed by atoms with van der Waals surface area (Å²) in [5.41, 5.74) is 3.13. The first-order valence-electron chi connectivity index (χ1n) is 10.7. The molecular weight excluding hydrogens is 450 g/mol. The zero-order valence-corrected chi connectivity index (χ0v) is 19.0. The third-order valence-electron chi connectivity index (χ3n) is 5.15. The van der Waals surface area contributed by atoms with Gasteiger partial charge in [-0.15, -0.1) is 5.10 Å². The van der Waals surface area contributed by atoms with Crippen LogP contribution in [0.3, 0.4) is 0 Å². The van der Waals surface area contributed by atoms with E-state index < -0.39 is 0 Å². The van der Waals surface area contributed by atoms with E-state index in [1.54, 1.807) is 18.0 Å². The Hall–Kier alpha value is -4.01. The van der Waals surface area contributed by atoms with Crippen LogP contribution in [0.25, 0.3) is 0 Å². The zero-order chi connectivity index (χ0) is 23.2. The van der Waals surface area contributed by atoms with Crippen molar-refractivity contribution in [1.29, 1.82) is 5.26 Å². The molecule has 2 aromatic heterocycles. The second-order valence-corrected chi connectivity index (χ2v) is 8.58. The van der Waals surface area contributed by atoms with E-state index in [0.717, 1.165) is 47.5 Å². The monoisotopic (exact) mass is 471 g/mol. The van der Waals surface area contributed by atoms with Crippen molar-refractivity contribution in [1.82, 2.24) is 30.2 Å². The van der Waals surface area contributed by atoms with Gasteiger partial charge in [-0.3, -0.25) is 0 Å². The second-order valence-electron chi connectivity index (χ2n) is 7.49. The number of hydrogen-bond donors (Lipinski definition) is 1. The smallest absolute Gasteiger partial charge is 0.273 e. The van der Waals surface area contributed by atoms with Crippen LogP contribution in [0.1, 0.15) is 11.4 Å². The Morgan fingerprint density at radius 3 is 2.56 bits per heavy atom. The Morgan fingerprint density at radius 1 is 1.03 bits per heavy atom. The number of rotatable bonds is 7. The average Bonchev–Trinajstić information content (AvgIpc) is 3.34. The molecule has 0 atom stereocenters. The number of anilines is 3. The van der Waals surface area contributed by atoms with Crippen LogP contribution in [0.4, 0.5) is 17.3 Å². The normalized spacial score (nSPS) is 13.4. The summed E-state index contributed by atoms with van der Waals surface area (Å²) in [5, 5.41) is 24.4. The van der Waals surface area contributed by atoms with Crippen LogP contribution < -0.4 is 10.2 Å². The van der Waals surface area contributed by atoms with Gasteiger partial charge in [0.05, 0.1) is 19.8 Å². The quantitative estimate of drug-likeness (QED) is 0.403. The molecule has 0 saturated carbocycles. The number of tetrazole rings is 1. The van der Waals surface area contributed by atoms with E-state index in [1.165, 1.54) is 10.5 Å². The summed E-state index contributed by atoms with van der Waals surface area (Å²) < 4.78 is 5.42. The summed E-state index contributed by atoms with van der Waals surface area (Å²) >= 11 is 1.55. The number of nitrogens with one attached hydrogen (secondary N) is 1. The summed E-state index contributed by atoms with van der Waals surface area (Å²) in [6.07, 6.45) is 1.75. The predicted molar refractivity (Wildman–Crippen MR) is 127 cm³/mol. The maximum Gasteiger partial charge on any atom is 0.273 e. The summed E-state index contributed by atoms with van der Waals surface area (Å²) in [6, 6.07) is 20.1. The highest BCUT2D eigenvalue weighted by Crippen LogP contribution is 2.27. The zero-order valence-electron chi connectivity index (χ0n) is 18.2. The molecular formula is C23H21N9OS. The molecule has 0 amide bonds. The van der Waals surface area contributed by atoms with Gasteiger partial charge in [0.25, 0.3) is 5.82 Å². The van der Waals surface area contributed by atoms with Crippen LogP contribution in [-0.2, 0) is 11.3 Å². The molecule has 2 aromatic carbocycles. The molecule has 1 aliphatic heterocycles. The van der Waals surface area contributed by atoms with Crippen LogP contribution in [0.2, 0.25) is 0 Å². The molecule has 170 valence electrons. The SMILES string of the molecule is N#Cc1nnn(Cc2ccc(Sc3ccnc(Nc4ccc(N5CCOCC5)cc4)n3)cc2)n1. The Bertz CT molecular complexity index is 1280. The number of ether oxygens (including phenoxy) is 1. The largest absolute Gasteiger partial charge is 0.378 e. The van der Waals surface area contributed by atoms with E-state index >= 15 is 0 Å². The van der Waals surface area contributed by atoms with Crippen LogP contribution >= 0.6 is 11.8 Å². The molecule has 1 saturated heterocycles. The van der Waals surface area contributed by atoms with Crippen molar-refractivity contribution < 1.29 is 4.74 Å². The lowest BCUT2D eigenvalue weighted by Gasteiger charge is -2.28. The Balaban J connectivity index is 1.20. The summed E-state index contributed by atoms with van der Waals surface area (Å²) in [4.78, 5) is 13.7.